The summed E-state index contributed by atoms with van der Waals surface area (Å²) >= 11 is 0. The fraction of sp³-hybridized carbons (Fsp3) is 0.346. The van der Waals surface area contributed by atoms with Crippen molar-refractivity contribution in [2.45, 2.75) is 25.3 Å². The highest BCUT2D eigenvalue weighted by Crippen LogP contribution is 2.51. The number of hydrogen-bond donors (Lipinski definition) is 2. The first-order valence-electron chi connectivity index (χ1n) is 11.4. The second-order valence-electron chi connectivity index (χ2n) is 8.62. The molecule has 2 aromatic carbocycles. The molecule has 2 aliphatic rings. The van der Waals surface area contributed by atoms with Gasteiger partial charge in [0.05, 0.1) is 25.3 Å². The van der Waals surface area contributed by atoms with Crippen molar-refractivity contribution in [3.05, 3.63) is 51.8 Å². The molecule has 1 atom stereocenters. The summed E-state index contributed by atoms with van der Waals surface area (Å²) in [6.07, 6.45) is 4.78. The van der Waals surface area contributed by atoms with E-state index in [2.05, 4.69) is 6.08 Å². The van der Waals surface area contributed by atoms with Gasteiger partial charge in [-0.2, -0.15) is 0 Å². The molecule has 8 heteroatoms. The van der Waals surface area contributed by atoms with Crippen LogP contribution in [0.15, 0.2) is 35.1 Å². The van der Waals surface area contributed by atoms with E-state index in [1.165, 1.54) is 0 Å². The fourth-order valence-corrected chi connectivity index (χ4v) is 4.92. The highest BCUT2D eigenvalue weighted by molar-refractivity contribution is 6.10. The number of hydrogen-bond acceptors (Lipinski definition) is 7. The van der Waals surface area contributed by atoms with E-state index in [0.29, 0.717) is 34.9 Å². The summed E-state index contributed by atoms with van der Waals surface area (Å²) in [5, 5.41) is 1.34. The van der Waals surface area contributed by atoms with E-state index in [4.69, 9.17) is 30.4 Å². The molecule has 5 rings (SSSR count). The first kappa shape index (κ1) is 22.3. The van der Waals surface area contributed by atoms with Gasteiger partial charge in [-0.3, -0.25) is 4.79 Å². The maximum atomic E-state index is 13.5. The molecule has 0 fully saturated rings. The number of unbranched alkanes of at least 4 members (excludes halogenated alkanes) is 1. The lowest BCUT2D eigenvalue weighted by atomic mass is 9.96. The van der Waals surface area contributed by atoms with E-state index in [-0.39, 0.29) is 18.4 Å². The second-order valence-corrected chi connectivity index (χ2v) is 8.62. The molecule has 0 unspecified atom stereocenters. The van der Waals surface area contributed by atoms with Gasteiger partial charge in [0.1, 0.15) is 0 Å². The lowest BCUT2D eigenvalue weighted by molar-refractivity contribution is 0.174. The van der Waals surface area contributed by atoms with Crippen LogP contribution in [0, 0.1) is 0 Å². The predicted molar refractivity (Wildman–Crippen MR) is 132 cm³/mol. The van der Waals surface area contributed by atoms with E-state index in [1.54, 1.807) is 31.9 Å². The van der Waals surface area contributed by atoms with Crippen molar-refractivity contribution >= 4 is 16.3 Å². The highest BCUT2D eigenvalue weighted by atomic mass is 16.7. The van der Waals surface area contributed by atoms with Crippen molar-refractivity contribution in [2.75, 3.05) is 27.6 Å². The average molecular weight is 464 g/mol. The number of ether oxygens (including phenoxy) is 4. The van der Waals surface area contributed by atoms with Crippen LogP contribution in [0.2, 0.25) is 0 Å². The molecule has 0 amide bonds. The maximum Gasteiger partial charge on any atom is 0.258 e. The molecule has 3 aromatic rings. The predicted octanol–water partition coefficient (Wildman–Crippen LogP) is 3.15. The van der Waals surface area contributed by atoms with Crippen LogP contribution in [0.3, 0.4) is 0 Å². The van der Waals surface area contributed by atoms with Gasteiger partial charge >= 0.3 is 0 Å². The van der Waals surface area contributed by atoms with Crippen LogP contribution in [0.5, 0.6) is 23.0 Å². The summed E-state index contributed by atoms with van der Waals surface area (Å²) in [4.78, 5) is 13.5. The standard InChI is InChI=1S/C26H29N3O5/c1-29-25-18-11-23-22(33-13-34-23)9-15(18)16(8-14(28)6-4-5-7-27)24(25)17-10-20(31-2)21(32-3)12-19(17)26(29)30/h8-12,14H,4-7,13,27-28H2,1-3H3/b16-8-/t14-/m1/s1. The summed E-state index contributed by atoms with van der Waals surface area (Å²) in [6, 6.07) is 7.37. The normalized spacial score (nSPS) is 15.5. The number of fused-ring (bicyclic) bond motifs is 6. The number of rotatable bonds is 7. The molecule has 0 saturated heterocycles. The Bertz CT molecular complexity index is 1380. The molecule has 4 N–H and O–H groups in total. The Morgan fingerprint density at radius 1 is 1.03 bits per heavy atom. The van der Waals surface area contributed by atoms with E-state index >= 15 is 0 Å². The Balaban J connectivity index is 1.82. The zero-order valence-corrected chi connectivity index (χ0v) is 19.6. The monoisotopic (exact) mass is 463 g/mol. The minimum Gasteiger partial charge on any atom is -0.493 e. The van der Waals surface area contributed by atoms with E-state index in [0.717, 1.165) is 52.6 Å². The molecular formula is C26H29N3O5. The Morgan fingerprint density at radius 3 is 2.32 bits per heavy atom. The second kappa shape index (κ2) is 8.70. The molecule has 0 radical (unpaired) electrons. The minimum atomic E-state index is -0.168. The van der Waals surface area contributed by atoms with Crippen LogP contribution in [-0.2, 0) is 7.05 Å². The van der Waals surface area contributed by atoms with Gasteiger partial charge in [-0.25, -0.2) is 0 Å². The van der Waals surface area contributed by atoms with Crippen LogP contribution in [0.25, 0.3) is 27.6 Å². The van der Waals surface area contributed by atoms with Crippen LogP contribution in [0.1, 0.15) is 30.4 Å². The van der Waals surface area contributed by atoms with Gasteiger partial charge in [0.15, 0.2) is 23.0 Å². The summed E-state index contributed by atoms with van der Waals surface area (Å²) in [5.41, 5.74) is 16.7. The number of benzene rings is 2. The topological polar surface area (TPSA) is 111 Å². The summed E-state index contributed by atoms with van der Waals surface area (Å²) in [6.45, 7) is 0.823. The first-order valence-corrected chi connectivity index (χ1v) is 11.4. The van der Waals surface area contributed by atoms with E-state index in [1.807, 2.05) is 18.2 Å². The number of nitrogens with zero attached hydrogens (tertiary/aromatic N) is 1. The Labute approximate surface area is 197 Å². The molecule has 1 aliphatic heterocycles. The third kappa shape index (κ3) is 3.41. The molecule has 1 aromatic heterocycles. The van der Waals surface area contributed by atoms with E-state index < -0.39 is 0 Å². The maximum absolute atomic E-state index is 13.5. The largest absolute Gasteiger partial charge is 0.493 e. The van der Waals surface area contributed by atoms with Crippen molar-refractivity contribution in [1.29, 1.82) is 0 Å². The van der Waals surface area contributed by atoms with Crippen LogP contribution < -0.4 is 36.0 Å². The number of aromatic nitrogens is 1. The fourth-order valence-electron chi connectivity index (χ4n) is 4.92. The number of methoxy groups -OCH3 is 2. The third-order valence-corrected chi connectivity index (χ3v) is 6.60. The van der Waals surface area contributed by atoms with Crippen molar-refractivity contribution in [3.8, 4) is 34.3 Å². The molecule has 178 valence electrons. The summed E-state index contributed by atoms with van der Waals surface area (Å²) < 4.78 is 24.0. The van der Waals surface area contributed by atoms with Gasteiger partial charge in [0.25, 0.3) is 5.56 Å². The number of nitrogens with two attached hydrogens (primary N) is 2. The molecule has 2 heterocycles. The molecule has 1 aliphatic carbocycles. The molecule has 0 bridgehead atoms. The van der Waals surface area contributed by atoms with Crippen molar-refractivity contribution in [2.24, 2.45) is 18.5 Å². The molecular weight excluding hydrogens is 434 g/mol. The highest BCUT2D eigenvalue weighted by Gasteiger charge is 2.33. The molecule has 34 heavy (non-hydrogen) atoms. The molecule has 8 nitrogen and oxygen atoms in total. The van der Waals surface area contributed by atoms with Gasteiger partial charge < -0.3 is 35.0 Å². The lowest BCUT2D eigenvalue weighted by Crippen LogP contribution is -2.20. The van der Waals surface area contributed by atoms with Crippen molar-refractivity contribution in [3.63, 3.8) is 0 Å². The van der Waals surface area contributed by atoms with Crippen molar-refractivity contribution < 1.29 is 18.9 Å². The zero-order valence-electron chi connectivity index (χ0n) is 19.6. The summed E-state index contributed by atoms with van der Waals surface area (Å²) in [7, 11) is 4.93. The Kier molecular flexibility index (Phi) is 5.71. The van der Waals surface area contributed by atoms with Crippen LogP contribution >= 0.6 is 0 Å². The van der Waals surface area contributed by atoms with Gasteiger partial charge in [-0.1, -0.05) is 12.5 Å². The minimum absolute atomic E-state index is 0.119. The first-order chi connectivity index (χ1) is 16.5. The quantitative estimate of drug-likeness (QED) is 0.405. The zero-order chi connectivity index (χ0) is 24.0. The molecule has 0 spiro atoms. The summed E-state index contributed by atoms with van der Waals surface area (Å²) in [5.74, 6) is 2.41. The molecule has 0 saturated carbocycles. The Morgan fingerprint density at radius 2 is 1.68 bits per heavy atom. The number of pyridine rings is 1. The SMILES string of the molecule is COc1cc2c3c(n(C)c(=O)c2cc1OC)-c1cc2c(cc1/C3=C/[C@H](N)CCCCN)OCO2. The van der Waals surface area contributed by atoms with Gasteiger partial charge in [-0.15, -0.1) is 0 Å². The lowest BCUT2D eigenvalue weighted by Gasteiger charge is -2.16. The smallest absolute Gasteiger partial charge is 0.258 e. The van der Waals surface area contributed by atoms with Crippen molar-refractivity contribution in [1.82, 2.24) is 4.57 Å². The van der Waals surface area contributed by atoms with Gasteiger partial charge in [0.2, 0.25) is 6.79 Å². The third-order valence-electron chi connectivity index (χ3n) is 6.60. The van der Waals surface area contributed by atoms with Crippen LogP contribution in [-0.4, -0.2) is 38.2 Å². The average Bonchev–Trinajstić information content (AvgIpc) is 3.42. The van der Waals surface area contributed by atoms with Crippen LogP contribution in [0.4, 0.5) is 0 Å². The van der Waals surface area contributed by atoms with E-state index in [9.17, 15) is 4.79 Å². The van der Waals surface area contributed by atoms with Gasteiger partial charge in [-0.05, 0) is 54.8 Å². The van der Waals surface area contributed by atoms with Gasteiger partial charge in [0, 0.05) is 29.6 Å². The Hall–Kier alpha value is -3.49.